The van der Waals surface area contributed by atoms with E-state index in [0.29, 0.717) is 37.6 Å². The molecule has 0 spiro atoms. The van der Waals surface area contributed by atoms with Crippen LogP contribution in [0.25, 0.3) is 0 Å². The summed E-state index contributed by atoms with van der Waals surface area (Å²) in [5, 5.41) is 10.9. The van der Waals surface area contributed by atoms with Crippen LogP contribution in [0.3, 0.4) is 0 Å². The number of hydrogen-bond acceptors (Lipinski definition) is 5. The zero-order valence-corrected chi connectivity index (χ0v) is 16.1. The van der Waals surface area contributed by atoms with Gasteiger partial charge in [0.1, 0.15) is 5.75 Å². The molecular weight excluding hydrogens is 380 g/mol. The zero-order valence-electron chi connectivity index (χ0n) is 15.4. The molecule has 2 aromatic rings. The van der Waals surface area contributed by atoms with Gasteiger partial charge < -0.3 is 19.3 Å². The van der Waals surface area contributed by atoms with Crippen molar-refractivity contribution in [2.75, 3.05) is 13.2 Å². The first-order valence-electron chi connectivity index (χ1n) is 9.20. The van der Waals surface area contributed by atoms with Crippen molar-refractivity contribution in [3.63, 3.8) is 0 Å². The molecule has 0 saturated carbocycles. The van der Waals surface area contributed by atoms with Crippen LogP contribution in [0.2, 0.25) is 5.02 Å². The molecule has 1 aliphatic rings. The number of halogens is 1. The highest BCUT2D eigenvalue weighted by Gasteiger charge is 2.35. The molecule has 1 aliphatic heterocycles. The van der Waals surface area contributed by atoms with E-state index in [1.807, 2.05) is 42.5 Å². The van der Waals surface area contributed by atoms with Crippen molar-refractivity contribution in [2.24, 2.45) is 5.92 Å². The summed E-state index contributed by atoms with van der Waals surface area (Å²) >= 11 is 6.31. The normalized spacial score (nSPS) is 22.2. The lowest BCUT2D eigenvalue weighted by Crippen LogP contribution is -2.30. The van der Waals surface area contributed by atoms with Gasteiger partial charge in [-0.3, -0.25) is 4.79 Å². The van der Waals surface area contributed by atoms with Crippen LogP contribution in [0.1, 0.15) is 36.4 Å². The number of phenols is 1. The van der Waals surface area contributed by atoms with E-state index >= 15 is 0 Å². The molecule has 0 amide bonds. The van der Waals surface area contributed by atoms with E-state index in [2.05, 4.69) is 4.74 Å². The van der Waals surface area contributed by atoms with Gasteiger partial charge >= 0.3 is 0 Å². The summed E-state index contributed by atoms with van der Waals surface area (Å²) < 4.78 is 16.9. The number of rotatable bonds is 8. The standard InChI is InChI=1S/C22H23ClO5/c23-19-11-5-3-9-17(19)22-27-14-16(8-2-1-7-13-26-15-24)21(28-22)18-10-4-6-12-20(18)25/h1-6,9-12,15-16,21-22,25H,7-8,13-14H2/b2-1-/t16-,21+,22+/m1/s1. The van der Waals surface area contributed by atoms with Crippen LogP contribution in [0.4, 0.5) is 0 Å². The molecule has 0 radical (unpaired) electrons. The number of ether oxygens (including phenoxy) is 3. The molecule has 0 aliphatic carbocycles. The average Bonchev–Trinajstić information content (AvgIpc) is 2.72. The SMILES string of the molecule is O=COCC/C=C\C[C@@H]1CO[C@H](c2ccccc2Cl)O[C@@H]1c1ccccc1O. The Balaban J connectivity index is 1.76. The van der Waals surface area contributed by atoms with Crippen molar-refractivity contribution < 1.29 is 24.1 Å². The Morgan fingerprint density at radius 1 is 1.11 bits per heavy atom. The molecule has 28 heavy (non-hydrogen) atoms. The monoisotopic (exact) mass is 402 g/mol. The van der Waals surface area contributed by atoms with E-state index in [1.165, 1.54) is 0 Å². The second-order valence-corrected chi connectivity index (χ2v) is 6.93. The summed E-state index contributed by atoms with van der Waals surface area (Å²) in [6.45, 7) is 1.26. The van der Waals surface area contributed by atoms with Crippen molar-refractivity contribution in [3.8, 4) is 5.75 Å². The van der Waals surface area contributed by atoms with Crippen LogP contribution in [0.15, 0.2) is 60.7 Å². The lowest BCUT2D eigenvalue weighted by atomic mass is 9.91. The van der Waals surface area contributed by atoms with E-state index in [1.54, 1.807) is 18.2 Å². The molecule has 0 aromatic heterocycles. The Hall–Kier alpha value is -2.34. The topological polar surface area (TPSA) is 65.0 Å². The maximum absolute atomic E-state index is 10.3. The summed E-state index contributed by atoms with van der Waals surface area (Å²) in [5.74, 6) is 0.218. The number of allylic oxidation sites excluding steroid dienone is 1. The largest absolute Gasteiger partial charge is 0.508 e. The summed E-state index contributed by atoms with van der Waals surface area (Å²) in [6.07, 6.45) is 4.40. The maximum Gasteiger partial charge on any atom is 0.293 e. The first kappa shape index (κ1) is 20.4. The highest BCUT2D eigenvalue weighted by Crippen LogP contribution is 2.43. The van der Waals surface area contributed by atoms with Gasteiger partial charge in [0.25, 0.3) is 6.47 Å². The zero-order chi connectivity index (χ0) is 19.8. The number of hydrogen-bond donors (Lipinski definition) is 1. The average molecular weight is 403 g/mol. The van der Waals surface area contributed by atoms with Crippen LogP contribution in [0, 0.1) is 5.92 Å². The number of carbonyl (C=O) groups is 1. The third-order valence-corrected chi connectivity index (χ3v) is 4.98. The van der Waals surface area contributed by atoms with Gasteiger partial charge in [-0.1, -0.05) is 60.2 Å². The van der Waals surface area contributed by atoms with Crippen molar-refractivity contribution in [1.29, 1.82) is 0 Å². The molecule has 0 unspecified atom stereocenters. The van der Waals surface area contributed by atoms with E-state index in [9.17, 15) is 9.90 Å². The quantitative estimate of drug-likeness (QED) is 0.384. The lowest BCUT2D eigenvalue weighted by Gasteiger charge is -2.37. The fourth-order valence-corrected chi connectivity index (χ4v) is 3.46. The number of benzene rings is 2. The van der Waals surface area contributed by atoms with Gasteiger partial charge in [0, 0.05) is 22.1 Å². The van der Waals surface area contributed by atoms with E-state index < -0.39 is 6.29 Å². The second-order valence-electron chi connectivity index (χ2n) is 6.53. The second kappa shape index (κ2) is 10.3. The molecular formula is C22H23ClO5. The fourth-order valence-electron chi connectivity index (χ4n) is 3.23. The van der Waals surface area contributed by atoms with Gasteiger partial charge in [-0.25, -0.2) is 0 Å². The summed E-state index contributed by atoms with van der Waals surface area (Å²) in [6, 6.07) is 14.6. The highest BCUT2D eigenvalue weighted by molar-refractivity contribution is 6.31. The lowest BCUT2D eigenvalue weighted by molar-refractivity contribution is -0.244. The smallest absolute Gasteiger partial charge is 0.293 e. The number of aromatic hydroxyl groups is 1. The van der Waals surface area contributed by atoms with Gasteiger partial charge in [-0.15, -0.1) is 0 Å². The van der Waals surface area contributed by atoms with Crippen molar-refractivity contribution >= 4 is 18.1 Å². The molecule has 1 saturated heterocycles. The van der Waals surface area contributed by atoms with E-state index in [4.69, 9.17) is 21.1 Å². The first-order chi connectivity index (χ1) is 13.7. The predicted molar refractivity (Wildman–Crippen MR) is 106 cm³/mol. The highest BCUT2D eigenvalue weighted by atomic mass is 35.5. The Bertz CT molecular complexity index is 807. The Morgan fingerprint density at radius 2 is 1.86 bits per heavy atom. The number of para-hydroxylation sites is 1. The molecule has 0 bridgehead atoms. The molecule has 1 N–H and O–H groups in total. The Kier molecular flexibility index (Phi) is 7.48. The van der Waals surface area contributed by atoms with Gasteiger partial charge in [0.15, 0.2) is 6.29 Å². The molecule has 5 nitrogen and oxygen atoms in total. The minimum absolute atomic E-state index is 0.0234. The minimum atomic E-state index is -0.598. The van der Waals surface area contributed by atoms with Crippen molar-refractivity contribution in [2.45, 2.75) is 25.2 Å². The summed E-state index contributed by atoms with van der Waals surface area (Å²) in [4.78, 5) is 10.2. The summed E-state index contributed by atoms with van der Waals surface area (Å²) in [7, 11) is 0. The van der Waals surface area contributed by atoms with Crippen LogP contribution in [0.5, 0.6) is 5.75 Å². The van der Waals surface area contributed by atoms with Gasteiger partial charge in [-0.2, -0.15) is 0 Å². The van der Waals surface area contributed by atoms with Gasteiger partial charge in [0.2, 0.25) is 0 Å². The number of carbonyl (C=O) groups excluding carboxylic acids is 1. The third-order valence-electron chi connectivity index (χ3n) is 4.64. The molecule has 2 aromatic carbocycles. The fraction of sp³-hybridized carbons (Fsp3) is 0.318. The van der Waals surface area contributed by atoms with E-state index in [0.717, 1.165) is 11.1 Å². The molecule has 1 heterocycles. The molecule has 1 fully saturated rings. The minimum Gasteiger partial charge on any atom is -0.508 e. The van der Waals surface area contributed by atoms with Crippen LogP contribution >= 0.6 is 11.6 Å². The van der Waals surface area contributed by atoms with Crippen molar-refractivity contribution in [1.82, 2.24) is 0 Å². The third kappa shape index (κ3) is 5.13. The van der Waals surface area contributed by atoms with Gasteiger partial charge in [-0.05, 0) is 25.0 Å². The molecule has 3 rings (SSSR count). The first-order valence-corrected chi connectivity index (χ1v) is 9.58. The van der Waals surface area contributed by atoms with Gasteiger partial charge in [0.05, 0.1) is 19.3 Å². The van der Waals surface area contributed by atoms with Crippen LogP contribution in [-0.2, 0) is 19.0 Å². The number of phenolic OH excluding ortho intramolecular Hbond substituents is 1. The van der Waals surface area contributed by atoms with Crippen LogP contribution in [-0.4, -0.2) is 24.8 Å². The molecule has 6 heteroatoms. The van der Waals surface area contributed by atoms with Crippen molar-refractivity contribution in [3.05, 3.63) is 76.8 Å². The molecule has 148 valence electrons. The Morgan fingerprint density at radius 3 is 2.61 bits per heavy atom. The Labute approximate surface area is 169 Å². The molecule has 3 atom stereocenters. The van der Waals surface area contributed by atoms with E-state index in [-0.39, 0.29) is 17.8 Å². The predicted octanol–water partition coefficient (Wildman–Crippen LogP) is 4.96. The summed E-state index contributed by atoms with van der Waals surface area (Å²) in [5.41, 5.74) is 1.50. The van der Waals surface area contributed by atoms with Crippen LogP contribution < -0.4 is 0 Å². The maximum atomic E-state index is 10.3.